The molecule has 2 aromatic rings. The van der Waals surface area contributed by atoms with Gasteiger partial charge in [-0.05, 0) is 80.3 Å². The molecule has 2 amide bonds. The molecule has 4 rings (SSSR count). The first-order chi connectivity index (χ1) is 16.8. The number of nitrogens with one attached hydrogen (secondary N) is 2. The third-order valence-electron chi connectivity index (χ3n) is 6.49. The quantitative estimate of drug-likeness (QED) is 0.402. The fourth-order valence-corrected chi connectivity index (χ4v) is 4.91. The van der Waals surface area contributed by atoms with E-state index < -0.39 is 5.97 Å². The van der Waals surface area contributed by atoms with E-state index in [1.54, 1.807) is 30.3 Å². The maximum atomic E-state index is 12.5. The fraction of sp³-hybridized carbons (Fsp3) is 0.423. The van der Waals surface area contributed by atoms with Gasteiger partial charge in [-0.25, -0.2) is 0 Å². The Labute approximate surface area is 214 Å². The lowest BCUT2D eigenvalue weighted by Crippen LogP contribution is -2.34. The summed E-state index contributed by atoms with van der Waals surface area (Å²) >= 11 is 12.6. The average Bonchev–Trinajstić information content (AvgIpc) is 3.67. The number of carbonyl (C=O) groups is 3. The Kier molecular flexibility index (Phi) is 8.19. The lowest BCUT2D eigenvalue weighted by Gasteiger charge is -2.26. The summed E-state index contributed by atoms with van der Waals surface area (Å²) in [4.78, 5) is 36.0. The molecule has 186 valence electrons. The molecule has 9 heteroatoms. The molecule has 0 heterocycles. The number of rotatable bonds is 9. The first kappa shape index (κ1) is 25.3. The van der Waals surface area contributed by atoms with Crippen LogP contribution in [0.15, 0.2) is 36.4 Å². The van der Waals surface area contributed by atoms with Crippen LogP contribution in [-0.4, -0.2) is 42.1 Å². The largest absolute Gasteiger partial charge is 0.490 e. The molecule has 0 atom stereocenters. The Morgan fingerprint density at radius 3 is 2.14 bits per heavy atom. The van der Waals surface area contributed by atoms with Crippen molar-refractivity contribution in [1.29, 1.82) is 0 Å². The van der Waals surface area contributed by atoms with Crippen LogP contribution in [0.4, 0.5) is 0 Å². The SMILES string of the molecule is O=C(NCCNC(=O)c1ccc(O[C@H]2CC[C@@H](C(=O)O)CC2)cc1Cl)c1ccc(C2CC2)c(Cl)c1. The molecule has 7 nitrogen and oxygen atoms in total. The summed E-state index contributed by atoms with van der Waals surface area (Å²) in [5, 5.41) is 15.5. The standard InChI is InChI=1S/C26H28Cl2N2O5/c27-22-13-17(5-9-20(22)15-1-2-15)24(31)29-11-12-30-25(32)21-10-8-19(14-23(21)28)35-18-6-3-16(4-7-18)26(33)34/h5,8-10,13-16,18H,1-4,6-7,11-12H2,(H,29,31)(H,30,32)(H,33,34)/t16-,18+. The van der Waals surface area contributed by atoms with E-state index in [0.29, 0.717) is 53.5 Å². The smallest absolute Gasteiger partial charge is 0.306 e. The lowest BCUT2D eigenvalue weighted by atomic mass is 9.87. The van der Waals surface area contributed by atoms with Gasteiger partial charge in [-0.15, -0.1) is 0 Å². The molecular weight excluding hydrogens is 491 g/mol. The normalized spacial score (nSPS) is 19.6. The zero-order valence-electron chi connectivity index (χ0n) is 19.2. The third-order valence-corrected chi connectivity index (χ3v) is 7.13. The Hall–Kier alpha value is -2.77. The summed E-state index contributed by atoms with van der Waals surface area (Å²) < 4.78 is 5.93. The lowest BCUT2D eigenvalue weighted by molar-refractivity contribution is -0.143. The van der Waals surface area contributed by atoms with Gasteiger partial charge in [0.25, 0.3) is 11.8 Å². The summed E-state index contributed by atoms with van der Waals surface area (Å²) in [5.74, 6) is -0.603. The van der Waals surface area contributed by atoms with Crippen molar-refractivity contribution in [3.63, 3.8) is 0 Å². The number of carboxylic acid groups (broad SMARTS) is 1. The second-order valence-corrected chi connectivity index (χ2v) is 9.91. The van der Waals surface area contributed by atoms with Gasteiger partial charge in [-0.3, -0.25) is 14.4 Å². The minimum Gasteiger partial charge on any atom is -0.490 e. The van der Waals surface area contributed by atoms with E-state index in [-0.39, 0.29) is 41.9 Å². The summed E-state index contributed by atoms with van der Waals surface area (Å²) in [7, 11) is 0. The van der Waals surface area contributed by atoms with Crippen molar-refractivity contribution in [3.8, 4) is 5.75 Å². The minimum atomic E-state index is -0.756. The van der Waals surface area contributed by atoms with Crippen LogP contribution in [0.25, 0.3) is 0 Å². The van der Waals surface area contributed by atoms with Crippen molar-refractivity contribution >= 4 is 41.0 Å². The van der Waals surface area contributed by atoms with Crippen LogP contribution < -0.4 is 15.4 Å². The van der Waals surface area contributed by atoms with Crippen LogP contribution in [0, 0.1) is 5.92 Å². The number of hydrogen-bond acceptors (Lipinski definition) is 4. The zero-order valence-corrected chi connectivity index (χ0v) is 20.7. The van der Waals surface area contributed by atoms with E-state index in [4.69, 9.17) is 33.0 Å². The minimum absolute atomic E-state index is 0.0651. The van der Waals surface area contributed by atoms with E-state index in [0.717, 1.165) is 18.4 Å². The van der Waals surface area contributed by atoms with Crippen LogP contribution in [0.2, 0.25) is 10.0 Å². The summed E-state index contributed by atoms with van der Waals surface area (Å²) in [6.07, 6.45) is 4.72. The molecule has 2 aliphatic rings. The Morgan fingerprint density at radius 1 is 0.857 bits per heavy atom. The van der Waals surface area contributed by atoms with Gasteiger partial charge in [0.05, 0.1) is 22.6 Å². The van der Waals surface area contributed by atoms with Gasteiger partial charge in [-0.2, -0.15) is 0 Å². The highest BCUT2D eigenvalue weighted by atomic mass is 35.5. The number of carbonyl (C=O) groups excluding carboxylic acids is 2. The number of hydrogen-bond donors (Lipinski definition) is 3. The van der Waals surface area contributed by atoms with Crippen LogP contribution in [0.1, 0.15) is 70.7 Å². The van der Waals surface area contributed by atoms with Crippen molar-refractivity contribution in [1.82, 2.24) is 10.6 Å². The molecule has 0 aromatic heterocycles. The van der Waals surface area contributed by atoms with Gasteiger partial charge in [0.2, 0.25) is 0 Å². The van der Waals surface area contributed by atoms with Crippen molar-refractivity contribution in [2.75, 3.05) is 13.1 Å². The zero-order chi connectivity index (χ0) is 24.9. The molecule has 35 heavy (non-hydrogen) atoms. The monoisotopic (exact) mass is 518 g/mol. The molecule has 0 bridgehead atoms. The van der Waals surface area contributed by atoms with Crippen LogP contribution in [0.3, 0.4) is 0 Å². The highest BCUT2D eigenvalue weighted by Crippen LogP contribution is 2.43. The van der Waals surface area contributed by atoms with Crippen LogP contribution >= 0.6 is 23.2 Å². The van der Waals surface area contributed by atoms with Crippen molar-refractivity contribution in [3.05, 3.63) is 63.1 Å². The van der Waals surface area contributed by atoms with Gasteiger partial charge in [-0.1, -0.05) is 29.3 Å². The molecule has 0 radical (unpaired) electrons. The van der Waals surface area contributed by atoms with E-state index >= 15 is 0 Å². The van der Waals surface area contributed by atoms with Crippen LogP contribution in [0.5, 0.6) is 5.75 Å². The predicted octanol–water partition coefficient (Wildman–Crippen LogP) is 5.05. The summed E-state index contributed by atoms with van der Waals surface area (Å²) in [5.41, 5.74) is 1.89. The molecule has 2 fully saturated rings. The Morgan fingerprint density at radius 2 is 1.54 bits per heavy atom. The maximum Gasteiger partial charge on any atom is 0.306 e. The average molecular weight is 519 g/mol. The molecule has 0 spiro atoms. The number of halogens is 2. The van der Waals surface area contributed by atoms with Crippen molar-refractivity contribution in [2.45, 2.75) is 50.5 Å². The highest BCUT2D eigenvalue weighted by Gasteiger charge is 2.27. The number of amides is 2. The van der Waals surface area contributed by atoms with Gasteiger partial charge in [0.1, 0.15) is 5.75 Å². The fourth-order valence-electron chi connectivity index (χ4n) is 4.32. The van der Waals surface area contributed by atoms with E-state index in [2.05, 4.69) is 10.6 Å². The van der Waals surface area contributed by atoms with Crippen molar-refractivity contribution < 1.29 is 24.2 Å². The molecule has 3 N–H and O–H groups in total. The third kappa shape index (κ3) is 6.67. The predicted molar refractivity (Wildman–Crippen MR) is 134 cm³/mol. The Balaban J connectivity index is 1.21. The van der Waals surface area contributed by atoms with E-state index in [1.807, 2.05) is 6.07 Å². The maximum absolute atomic E-state index is 12.5. The molecule has 2 aliphatic carbocycles. The number of carboxylic acids is 1. The van der Waals surface area contributed by atoms with Gasteiger partial charge < -0.3 is 20.5 Å². The van der Waals surface area contributed by atoms with Gasteiger partial charge >= 0.3 is 5.97 Å². The first-order valence-electron chi connectivity index (χ1n) is 11.9. The molecule has 0 saturated heterocycles. The van der Waals surface area contributed by atoms with Crippen LogP contribution in [-0.2, 0) is 4.79 Å². The molecule has 0 aliphatic heterocycles. The highest BCUT2D eigenvalue weighted by molar-refractivity contribution is 6.34. The number of benzene rings is 2. The molecule has 0 unspecified atom stereocenters. The van der Waals surface area contributed by atoms with E-state index in [9.17, 15) is 14.4 Å². The van der Waals surface area contributed by atoms with E-state index in [1.165, 1.54) is 0 Å². The first-order valence-corrected chi connectivity index (χ1v) is 12.6. The molecule has 2 saturated carbocycles. The number of ether oxygens (including phenoxy) is 1. The van der Waals surface area contributed by atoms with Crippen molar-refractivity contribution in [2.24, 2.45) is 5.92 Å². The topological polar surface area (TPSA) is 105 Å². The second-order valence-electron chi connectivity index (χ2n) is 9.09. The Bertz CT molecular complexity index is 1110. The molecule has 2 aromatic carbocycles. The summed E-state index contributed by atoms with van der Waals surface area (Å²) in [6, 6.07) is 10.2. The molecular formula is C26H28Cl2N2O5. The van der Waals surface area contributed by atoms with Gasteiger partial charge in [0.15, 0.2) is 0 Å². The van der Waals surface area contributed by atoms with Gasteiger partial charge in [0, 0.05) is 23.7 Å². The number of aliphatic carboxylic acids is 1. The summed E-state index contributed by atoms with van der Waals surface area (Å²) in [6.45, 7) is 0.490. The second kappa shape index (κ2) is 11.3.